The van der Waals surface area contributed by atoms with E-state index < -0.39 is 0 Å². The number of hydrogen-bond acceptors (Lipinski definition) is 4. The summed E-state index contributed by atoms with van der Waals surface area (Å²) in [6.07, 6.45) is 2.09. The molecule has 4 heteroatoms. The van der Waals surface area contributed by atoms with Crippen molar-refractivity contribution in [3.05, 3.63) is 29.8 Å². The predicted octanol–water partition coefficient (Wildman–Crippen LogP) is 3.65. The molecule has 1 aromatic carbocycles. The van der Waals surface area contributed by atoms with E-state index in [1.165, 1.54) is 5.56 Å². The summed E-state index contributed by atoms with van der Waals surface area (Å²) >= 11 is 0. The van der Waals surface area contributed by atoms with Gasteiger partial charge < -0.3 is 9.84 Å². The second kappa shape index (κ2) is 5.67. The zero-order chi connectivity index (χ0) is 13.0. The molecule has 0 atom stereocenters. The van der Waals surface area contributed by atoms with Gasteiger partial charge in [0, 0.05) is 11.6 Å². The van der Waals surface area contributed by atoms with E-state index in [4.69, 9.17) is 4.52 Å². The van der Waals surface area contributed by atoms with Crippen LogP contribution < -0.4 is 5.32 Å². The molecule has 4 nitrogen and oxygen atoms in total. The Labute approximate surface area is 107 Å². The van der Waals surface area contributed by atoms with Crippen LogP contribution in [0.5, 0.6) is 0 Å². The summed E-state index contributed by atoms with van der Waals surface area (Å²) in [6, 6.07) is 8.45. The summed E-state index contributed by atoms with van der Waals surface area (Å²) < 4.78 is 5.26. The van der Waals surface area contributed by atoms with Gasteiger partial charge >= 0.3 is 0 Å². The molecule has 1 N–H and O–H groups in total. The van der Waals surface area contributed by atoms with Crippen LogP contribution in [0.15, 0.2) is 28.8 Å². The van der Waals surface area contributed by atoms with E-state index in [2.05, 4.69) is 36.2 Å². The fourth-order valence-electron chi connectivity index (χ4n) is 1.77. The van der Waals surface area contributed by atoms with E-state index in [-0.39, 0.29) is 0 Å². The highest BCUT2D eigenvalue weighted by Crippen LogP contribution is 2.19. The van der Waals surface area contributed by atoms with Crippen LogP contribution in [0.4, 0.5) is 5.95 Å². The molecule has 0 unspecified atom stereocenters. The van der Waals surface area contributed by atoms with E-state index in [0.29, 0.717) is 17.9 Å². The van der Waals surface area contributed by atoms with Gasteiger partial charge in [0.15, 0.2) is 0 Å². The fraction of sp³-hybridized carbons (Fsp3) is 0.429. The van der Waals surface area contributed by atoms with E-state index in [9.17, 15) is 0 Å². The van der Waals surface area contributed by atoms with Crippen LogP contribution in [0.1, 0.15) is 32.3 Å². The monoisotopic (exact) mass is 245 g/mol. The van der Waals surface area contributed by atoms with Gasteiger partial charge in [-0.15, -0.1) is 0 Å². The largest absolute Gasteiger partial charge is 0.349 e. The van der Waals surface area contributed by atoms with Gasteiger partial charge in [0.1, 0.15) is 0 Å². The van der Waals surface area contributed by atoms with Crippen molar-refractivity contribution in [1.29, 1.82) is 0 Å². The Morgan fingerprint density at radius 1 is 1.17 bits per heavy atom. The topological polar surface area (TPSA) is 51.0 Å². The van der Waals surface area contributed by atoms with Crippen molar-refractivity contribution in [2.45, 2.75) is 39.7 Å². The molecule has 0 spiro atoms. The highest BCUT2D eigenvalue weighted by Gasteiger charge is 2.11. The molecule has 2 rings (SSSR count). The van der Waals surface area contributed by atoms with Crippen LogP contribution in [-0.4, -0.2) is 16.2 Å². The lowest BCUT2D eigenvalue weighted by Gasteiger charge is -2.11. The molecule has 0 saturated carbocycles. The molecular weight excluding hydrogens is 226 g/mol. The molecule has 0 aliphatic carbocycles. The number of nitrogens with one attached hydrogen (secondary N) is 1. The zero-order valence-electron chi connectivity index (χ0n) is 11.1. The van der Waals surface area contributed by atoms with Gasteiger partial charge in [0.2, 0.25) is 0 Å². The SMILES string of the molecule is CCC(CC)Nc1noc(-c2ccc(C)cc2)n1. The van der Waals surface area contributed by atoms with Crippen molar-refractivity contribution in [3.63, 3.8) is 0 Å². The smallest absolute Gasteiger partial charge is 0.263 e. The van der Waals surface area contributed by atoms with E-state index >= 15 is 0 Å². The van der Waals surface area contributed by atoms with Crippen LogP contribution in [0.2, 0.25) is 0 Å². The molecule has 0 radical (unpaired) electrons. The minimum absolute atomic E-state index is 0.397. The molecular formula is C14H19N3O. The molecule has 0 aliphatic heterocycles. The van der Waals surface area contributed by atoms with Gasteiger partial charge in [0.25, 0.3) is 11.8 Å². The Balaban J connectivity index is 2.12. The lowest BCUT2D eigenvalue weighted by atomic mass is 10.1. The standard InChI is InChI=1S/C14H19N3O/c1-4-12(5-2)15-14-16-13(18-17-14)11-8-6-10(3)7-9-11/h6-9,12H,4-5H2,1-3H3,(H,15,17). The van der Waals surface area contributed by atoms with Crippen molar-refractivity contribution >= 4 is 5.95 Å². The van der Waals surface area contributed by atoms with Crippen molar-refractivity contribution in [1.82, 2.24) is 10.1 Å². The summed E-state index contributed by atoms with van der Waals surface area (Å²) in [4.78, 5) is 4.36. The maximum Gasteiger partial charge on any atom is 0.263 e. The normalized spacial score (nSPS) is 10.9. The molecule has 1 heterocycles. The predicted molar refractivity (Wildman–Crippen MR) is 72.5 cm³/mol. The molecule has 1 aromatic heterocycles. The first kappa shape index (κ1) is 12.6. The summed E-state index contributed by atoms with van der Waals surface area (Å²) in [5.74, 6) is 1.13. The second-order valence-corrected chi connectivity index (χ2v) is 4.45. The third-order valence-electron chi connectivity index (χ3n) is 3.04. The van der Waals surface area contributed by atoms with Crippen LogP contribution in [0.3, 0.4) is 0 Å². The summed E-state index contributed by atoms with van der Waals surface area (Å²) in [5, 5.41) is 7.22. The summed E-state index contributed by atoms with van der Waals surface area (Å²) in [6.45, 7) is 6.34. The number of aromatic nitrogens is 2. The molecule has 0 aliphatic rings. The molecule has 2 aromatic rings. The van der Waals surface area contributed by atoms with Gasteiger partial charge in [-0.2, -0.15) is 4.98 Å². The first-order valence-electron chi connectivity index (χ1n) is 6.40. The Hall–Kier alpha value is -1.84. The number of hydrogen-bond donors (Lipinski definition) is 1. The molecule has 0 bridgehead atoms. The zero-order valence-corrected chi connectivity index (χ0v) is 11.1. The lowest BCUT2D eigenvalue weighted by Crippen LogP contribution is -2.17. The minimum atomic E-state index is 0.397. The van der Waals surface area contributed by atoms with Crippen molar-refractivity contribution in [3.8, 4) is 11.5 Å². The average molecular weight is 245 g/mol. The van der Waals surface area contributed by atoms with Gasteiger partial charge in [-0.25, -0.2) is 0 Å². The van der Waals surface area contributed by atoms with E-state index in [0.717, 1.165) is 18.4 Å². The lowest BCUT2D eigenvalue weighted by molar-refractivity contribution is 0.431. The number of anilines is 1. The van der Waals surface area contributed by atoms with Crippen molar-refractivity contribution in [2.75, 3.05) is 5.32 Å². The third-order valence-corrected chi connectivity index (χ3v) is 3.04. The minimum Gasteiger partial charge on any atom is -0.349 e. The van der Waals surface area contributed by atoms with Crippen molar-refractivity contribution in [2.24, 2.45) is 0 Å². The van der Waals surface area contributed by atoms with Crippen LogP contribution in [0.25, 0.3) is 11.5 Å². The van der Waals surface area contributed by atoms with Gasteiger partial charge in [0.05, 0.1) is 0 Å². The molecule has 0 fully saturated rings. The van der Waals surface area contributed by atoms with Gasteiger partial charge in [-0.3, -0.25) is 0 Å². The highest BCUT2D eigenvalue weighted by molar-refractivity contribution is 5.54. The van der Waals surface area contributed by atoms with Gasteiger partial charge in [-0.05, 0) is 37.1 Å². The Kier molecular flexibility index (Phi) is 3.97. The van der Waals surface area contributed by atoms with Crippen LogP contribution in [-0.2, 0) is 0 Å². The Morgan fingerprint density at radius 3 is 2.44 bits per heavy atom. The number of rotatable bonds is 5. The number of nitrogens with zero attached hydrogens (tertiary/aromatic N) is 2. The van der Waals surface area contributed by atoms with Crippen LogP contribution >= 0.6 is 0 Å². The molecule has 0 amide bonds. The Morgan fingerprint density at radius 2 is 1.83 bits per heavy atom. The average Bonchev–Trinajstić information content (AvgIpc) is 2.85. The fourth-order valence-corrected chi connectivity index (χ4v) is 1.77. The Bertz CT molecular complexity index is 486. The number of aryl methyl sites for hydroxylation is 1. The van der Waals surface area contributed by atoms with Crippen LogP contribution in [0, 0.1) is 6.92 Å². The highest BCUT2D eigenvalue weighted by atomic mass is 16.5. The first-order chi connectivity index (χ1) is 8.72. The maximum atomic E-state index is 5.26. The quantitative estimate of drug-likeness (QED) is 0.873. The second-order valence-electron chi connectivity index (χ2n) is 4.45. The van der Waals surface area contributed by atoms with E-state index in [1.807, 2.05) is 24.3 Å². The summed E-state index contributed by atoms with van der Waals surface area (Å²) in [7, 11) is 0. The number of benzene rings is 1. The maximum absolute atomic E-state index is 5.26. The van der Waals surface area contributed by atoms with Gasteiger partial charge in [-0.1, -0.05) is 31.5 Å². The first-order valence-corrected chi connectivity index (χ1v) is 6.40. The molecule has 96 valence electrons. The van der Waals surface area contributed by atoms with Crippen molar-refractivity contribution < 1.29 is 4.52 Å². The molecule has 0 saturated heterocycles. The summed E-state index contributed by atoms with van der Waals surface area (Å²) in [5.41, 5.74) is 2.17. The van der Waals surface area contributed by atoms with E-state index in [1.54, 1.807) is 0 Å². The molecule has 18 heavy (non-hydrogen) atoms. The third kappa shape index (κ3) is 2.88.